The Balaban J connectivity index is 2.31. The zero-order chi connectivity index (χ0) is 12.4. The number of methoxy groups -OCH3 is 1. The van der Waals surface area contributed by atoms with Crippen LogP contribution in [0.1, 0.15) is 17.4 Å². The lowest BCUT2D eigenvalue weighted by Crippen LogP contribution is -2.01. The number of benzene rings is 1. The number of aliphatic hydroxyl groups excluding tert-OH is 1. The quantitative estimate of drug-likeness (QED) is 0.881. The molecule has 4 nitrogen and oxygen atoms in total. The maximum atomic E-state index is 13.5. The average molecular weight is 236 g/mol. The van der Waals surface area contributed by atoms with Crippen molar-refractivity contribution in [3.05, 3.63) is 47.8 Å². The Hall–Kier alpha value is -1.88. The van der Waals surface area contributed by atoms with E-state index < -0.39 is 11.9 Å². The molecular weight excluding hydrogens is 223 g/mol. The molecule has 1 aromatic heterocycles. The van der Waals surface area contributed by atoms with Gasteiger partial charge in [-0.3, -0.25) is 0 Å². The first-order valence-electron chi connectivity index (χ1n) is 5.11. The van der Waals surface area contributed by atoms with E-state index in [1.54, 1.807) is 30.2 Å². The Morgan fingerprint density at radius 3 is 2.76 bits per heavy atom. The van der Waals surface area contributed by atoms with Gasteiger partial charge in [0, 0.05) is 13.2 Å². The molecular formula is C12H13FN2O2. The molecule has 0 saturated carbocycles. The van der Waals surface area contributed by atoms with Crippen molar-refractivity contribution in [2.75, 3.05) is 7.11 Å². The predicted octanol–water partition coefficient (Wildman–Crippen LogP) is 1.65. The largest absolute Gasteiger partial charge is 0.494 e. The Bertz CT molecular complexity index is 525. The standard InChI is InChI=1S/C12H13FN2O2/c1-15-6-10(14-7-15)12(16)8-3-4-11(17-2)9(13)5-8/h3-7,12,16H,1-2H3. The lowest BCUT2D eigenvalue weighted by atomic mass is 10.1. The van der Waals surface area contributed by atoms with E-state index in [0.717, 1.165) is 0 Å². The van der Waals surface area contributed by atoms with Gasteiger partial charge >= 0.3 is 0 Å². The highest BCUT2D eigenvalue weighted by Gasteiger charge is 2.15. The van der Waals surface area contributed by atoms with Crippen LogP contribution in [0.25, 0.3) is 0 Å². The first-order chi connectivity index (χ1) is 8.11. The molecule has 17 heavy (non-hydrogen) atoms. The Labute approximate surface area is 98.3 Å². The van der Waals surface area contributed by atoms with Crippen LogP contribution in [-0.2, 0) is 7.05 Å². The Morgan fingerprint density at radius 2 is 2.24 bits per heavy atom. The highest BCUT2D eigenvalue weighted by atomic mass is 19.1. The molecule has 0 aliphatic carbocycles. The second-order valence-corrected chi connectivity index (χ2v) is 3.76. The first-order valence-corrected chi connectivity index (χ1v) is 5.11. The van der Waals surface area contributed by atoms with E-state index in [1.165, 1.54) is 19.2 Å². The molecule has 90 valence electrons. The summed E-state index contributed by atoms with van der Waals surface area (Å²) < 4.78 is 20.0. The molecule has 1 unspecified atom stereocenters. The van der Waals surface area contributed by atoms with Crippen LogP contribution in [0.5, 0.6) is 5.75 Å². The summed E-state index contributed by atoms with van der Waals surface area (Å²) in [6.45, 7) is 0. The summed E-state index contributed by atoms with van der Waals surface area (Å²) in [5, 5.41) is 10.0. The molecule has 5 heteroatoms. The number of aryl methyl sites for hydroxylation is 1. The fourth-order valence-electron chi connectivity index (χ4n) is 1.60. The van der Waals surface area contributed by atoms with E-state index in [4.69, 9.17) is 4.74 Å². The van der Waals surface area contributed by atoms with E-state index in [0.29, 0.717) is 11.3 Å². The number of imidazole rings is 1. The third kappa shape index (κ3) is 2.29. The molecule has 0 saturated heterocycles. The molecule has 0 spiro atoms. The smallest absolute Gasteiger partial charge is 0.165 e. The second kappa shape index (κ2) is 4.55. The topological polar surface area (TPSA) is 47.3 Å². The van der Waals surface area contributed by atoms with Crippen LogP contribution in [0.15, 0.2) is 30.7 Å². The van der Waals surface area contributed by atoms with E-state index in [2.05, 4.69) is 4.98 Å². The van der Waals surface area contributed by atoms with Gasteiger partial charge < -0.3 is 14.4 Å². The predicted molar refractivity (Wildman–Crippen MR) is 60.2 cm³/mol. The molecule has 0 radical (unpaired) electrons. The Kier molecular flexibility index (Phi) is 3.10. The lowest BCUT2D eigenvalue weighted by molar-refractivity contribution is 0.215. The normalized spacial score (nSPS) is 12.5. The minimum Gasteiger partial charge on any atom is -0.494 e. The fraction of sp³-hybridized carbons (Fsp3) is 0.250. The van der Waals surface area contributed by atoms with Crippen molar-refractivity contribution >= 4 is 0 Å². The van der Waals surface area contributed by atoms with Gasteiger partial charge in [-0.2, -0.15) is 0 Å². The molecule has 0 amide bonds. The van der Waals surface area contributed by atoms with Crippen molar-refractivity contribution in [2.24, 2.45) is 7.05 Å². The average Bonchev–Trinajstić information content (AvgIpc) is 2.75. The maximum Gasteiger partial charge on any atom is 0.165 e. The summed E-state index contributed by atoms with van der Waals surface area (Å²) in [6.07, 6.45) is 2.34. The summed E-state index contributed by atoms with van der Waals surface area (Å²) in [5.41, 5.74) is 0.930. The van der Waals surface area contributed by atoms with Crippen molar-refractivity contribution < 1.29 is 14.2 Å². The minimum absolute atomic E-state index is 0.155. The fourth-order valence-corrected chi connectivity index (χ4v) is 1.60. The second-order valence-electron chi connectivity index (χ2n) is 3.76. The molecule has 0 fully saturated rings. The van der Waals surface area contributed by atoms with Gasteiger partial charge in [-0.05, 0) is 17.7 Å². The van der Waals surface area contributed by atoms with Crippen LogP contribution in [-0.4, -0.2) is 21.8 Å². The van der Waals surface area contributed by atoms with Crippen molar-refractivity contribution in [1.29, 1.82) is 0 Å². The van der Waals surface area contributed by atoms with E-state index in [1.807, 2.05) is 0 Å². The summed E-state index contributed by atoms with van der Waals surface area (Å²) >= 11 is 0. The van der Waals surface area contributed by atoms with E-state index in [9.17, 15) is 9.50 Å². The molecule has 1 heterocycles. The van der Waals surface area contributed by atoms with Crippen LogP contribution >= 0.6 is 0 Å². The van der Waals surface area contributed by atoms with Crippen LogP contribution in [0.4, 0.5) is 4.39 Å². The van der Waals surface area contributed by atoms with Gasteiger partial charge in [-0.1, -0.05) is 6.07 Å². The third-order valence-corrected chi connectivity index (χ3v) is 2.50. The van der Waals surface area contributed by atoms with Crippen molar-refractivity contribution in [3.8, 4) is 5.75 Å². The highest BCUT2D eigenvalue weighted by Crippen LogP contribution is 2.25. The molecule has 0 aliphatic rings. The van der Waals surface area contributed by atoms with Gasteiger partial charge in [-0.25, -0.2) is 9.37 Å². The number of hydrogen-bond acceptors (Lipinski definition) is 3. The molecule has 0 aliphatic heterocycles. The van der Waals surface area contributed by atoms with Crippen LogP contribution < -0.4 is 4.74 Å². The Morgan fingerprint density at radius 1 is 1.47 bits per heavy atom. The monoisotopic (exact) mass is 236 g/mol. The van der Waals surface area contributed by atoms with Crippen molar-refractivity contribution in [1.82, 2.24) is 9.55 Å². The van der Waals surface area contributed by atoms with Crippen LogP contribution in [0.2, 0.25) is 0 Å². The molecule has 2 rings (SSSR count). The number of hydrogen-bond donors (Lipinski definition) is 1. The highest BCUT2D eigenvalue weighted by molar-refractivity contribution is 5.33. The summed E-state index contributed by atoms with van der Waals surface area (Å²) in [4.78, 5) is 4.02. The number of aromatic nitrogens is 2. The SMILES string of the molecule is COc1ccc(C(O)c2cn(C)cn2)cc1F. The number of halogens is 1. The number of nitrogens with zero attached hydrogens (tertiary/aromatic N) is 2. The van der Waals surface area contributed by atoms with Gasteiger partial charge in [0.15, 0.2) is 11.6 Å². The number of rotatable bonds is 3. The van der Waals surface area contributed by atoms with Gasteiger partial charge in [0.1, 0.15) is 6.10 Å². The summed E-state index contributed by atoms with van der Waals surface area (Å²) in [7, 11) is 3.20. The lowest BCUT2D eigenvalue weighted by Gasteiger charge is -2.09. The van der Waals surface area contributed by atoms with E-state index in [-0.39, 0.29) is 5.75 Å². The molecule has 0 bridgehead atoms. The van der Waals surface area contributed by atoms with Gasteiger partial charge in [0.25, 0.3) is 0 Å². The molecule has 1 atom stereocenters. The van der Waals surface area contributed by atoms with Gasteiger partial charge in [0.2, 0.25) is 0 Å². The third-order valence-electron chi connectivity index (χ3n) is 2.50. The number of aliphatic hydroxyl groups is 1. The summed E-state index contributed by atoms with van der Waals surface area (Å²) in [6, 6.07) is 4.34. The van der Waals surface area contributed by atoms with Crippen molar-refractivity contribution in [3.63, 3.8) is 0 Å². The van der Waals surface area contributed by atoms with Gasteiger partial charge in [-0.15, -0.1) is 0 Å². The first kappa shape index (κ1) is 11.6. The molecule has 1 aromatic carbocycles. The minimum atomic E-state index is -0.934. The van der Waals surface area contributed by atoms with Crippen LogP contribution in [0, 0.1) is 5.82 Å². The van der Waals surface area contributed by atoms with Gasteiger partial charge in [0.05, 0.1) is 19.1 Å². The van der Waals surface area contributed by atoms with Crippen LogP contribution in [0.3, 0.4) is 0 Å². The molecule has 2 aromatic rings. The van der Waals surface area contributed by atoms with Crippen molar-refractivity contribution in [2.45, 2.75) is 6.10 Å². The summed E-state index contributed by atoms with van der Waals surface area (Å²) in [5.74, 6) is -0.345. The zero-order valence-electron chi connectivity index (χ0n) is 9.59. The maximum absolute atomic E-state index is 13.5. The van der Waals surface area contributed by atoms with E-state index >= 15 is 0 Å². The zero-order valence-corrected chi connectivity index (χ0v) is 9.59. The number of ether oxygens (including phenoxy) is 1. The molecule has 1 N–H and O–H groups in total.